The number of amides is 1. The summed E-state index contributed by atoms with van der Waals surface area (Å²) in [7, 11) is 0. The number of carbonyl (C=O) groups is 1. The van der Waals surface area contributed by atoms with Crippen molar-refractivity contribution >= 4 is 34.2 Å². The van der Waals surface area contributed by atoms with Crippen molar-refractivity contribution in [3.63, 3.8) is 0 Å². The molecule has 1 N–H and O–H groups in total. The Bertz CT molecular complexity index is 843. The molecule has 122 valence electrons. The maximum atomic E-state index is 13.0. The summed E-state index contributed by atoms with van der Waals surface area (Å²) in [4.78, 5) is 13.0. The van der Waals surface area contributed by atoms with Gasteiger partial charge in [0.15, 0.2) is 0 Å². The fourth-order valence-electron chi connectivity index (χ4n) is 3.32. The van der Waals surface area contributed by atoms with Gasteiger partial charge in [0.1, 0.15) is 5.54 Å². The van der Waals surface area contributed by atoms with Gasteiger partial charge in [-0.1, -0.05) is 0 Å². The van der Waals surface area contributed by atoms with Crippen LogP contribution in [0.1, 0.15) is 49.1 Å². The van der Waals surface area contributed by atoms with Crippen molar-refractivity contribution in [2.75, 3.05) is 5.32 Å². The van der Waals surface area contributed by atoms with Crippen molar-refractivity contribution in [1.29, 1.82) is 5.26 Å². The predicted octanol–water partition coefficient (Wildman–Crippen LogP) is 3.75. The van der Waals surface area contributed by atoms with Crippen LogP contribution >= 0.6 is 22.6 Å². The van der Waals surface area contributed by atoms with E-state index >= 15 is 0 Å². The van der Waals surface area contributed by atoms with Gasteiger partial charge in [0.25, 0.3) is 5.91 Å². The van der Waals surface area contributed by atoms with Crippen LogP contribution in [0.3, 0.4) is 0 Å². The second-order valence-corrected chi connectivity index (χ2v) is 7.88. The molecule has 2 aliphatic carbocycles. The topological polar surface area (TPSA) is 70.7 Å². The third-order valence-corrected chi connectivity index (χ3v) is 5.60. The van der Waals surface area contributed by atoms with E-state index in [0.717, 1.165) is 46.9 Å². The number of hydrogen-bond acceptors (Lipinski definition) is 3. The number of benzene rings is 1. The van der Waals surface area contributed by atoms with Gasteiger partial charge in [-0.3, -0.25) is 9.48 Å². The SMILES string of the molecule is N#Cc1ccc(NC(=O)C2(n3cc(I)cn3)CCC2)c(C2CC2)c1. The Hall–Kier alpha value is -1.88. The first-order valence-corrected chi connectivity index (χ1v) is 9.26. The van der Waals surface area contributed by atoms with E-state index in [-0.39, 0.29) is 5.91 Å². The number of nitrogens with zero attached hydrogens (tertiary/aromatic N) is 3. The van der Waals surface area contributed by atoms with E-state index in [2.05, 4.69) is 39.1 Å². The molecule has 2 aromatic rings. The molecule has 6 heteroatoms. The molecule has 0 aliphatic heterocycles. The maximum absolute atomic E-state index is 13.0. The van der Waals surface area contributed by atoms with Gasteiger partial charge in [0, 0.05) is 11.9 Å². The second-order valence-electron chi connectivity index (χ2n) is 6.63. The molecule has 2 aliphatic rings. The van der Waals surface area contributed by atoms with Crippen molar-refractivity contribution in [2.45, 2.75) is 43.6 Å². The zero-order chi connectivity index (χ0) is 16.7. The molecular weight excluding hydrogens is 415 g/mol. The minimum atomic E-state index is -0.571. The normalized spacial score (nSPS) is 18.5. The highest BCUT2D eigenvalue weighted by atomic mass is 127. The zero-order valence-corrected chi connectivity index (χ0v) is 15.3. The number of anilines is 1. The van der Waals surface area contributed by atoms with Crippen LogP contribution in [0.15, 0.2) is 30.6 Å². The molecule has 0 bridgehead atoms. The van der Waals surface area contributed by atoms with Gasteiger partial charge in [-0.25, -0.2) is 0 Å². The number of halogens is 1. The van der Waals surface area contributed by atoms with Crippen LogP contribution in [0.5, 0.6) is 0 Å². The summed E-state index contributed by atoms with van der Waals surface area (Å²) in [6, 6.07) is 7.73. The quantitative estimate of drug-likeness (QED) is 0.749. The van der Waals surface area contributed by atoms with E-state index in [4.69, 9.17) is 5.26 Å². The van der Waals surface area contributed by atoms with Gasteiger partial charge in [-0.2, -0.15) is 10.4 Å². The van der Waals surface area contributed by atoms with E-state index in [1.54, 1.807) is 12.3 Å². The third-order valence-electron chi connectivity index (χ3n) is 5.04. The molecule has 2 fully saturated rings. The molecule has 1 aromatic heterocycles. The largest absolute Gasteiger partial charge is 0.324 e. The maximum Gasteiger partial charge on any atom is 0.252 e. The highest BCUT2D eigenvalue weighted by Gasteiger charge is 2.47. The molecule has 2 saturated carbocycles. The molecule has 0 atom stereocenters. The highest BCUT2D eigenvalue weighted by Crippen LogP contribution is 2.45. The third kappa shape index (κ3) is 2.61. The molecular formula is C18H17IN4O. The molecule has 0 unspecified atom stereocenters. The van der Waals surface area contributed by atoms with Crippen LogP contribution in [0, 0.1) is 14.9 Å². The molecule has 4 rings (SSSR count). The molecule has 24 heavy (non-hydrogen) atoms. The number of aromatic nitrogens is 2. The van der Waals surface area contributed by atoms with Crippen LogP contribution in [0.4, 0.5) is 5.69 Å². The smallest absolute Gasteiger partial charge is 0.252 e. The summed E-state index contributed by atoms with van der Waals surface area (Å²) in [5.74, 6) is 0.469. The molecule has 0 saturated heterocycles. The van der Waals surface area contributed by atoms with Gasteiger partial charge in [-0.05, 0) is 84.4 Å². The lowest BCUT2D eigenvalue weighted by Crippen LogP contribution is -2.51. The average molecular weight is 432 g/mol. The van der Waals surface area contributed by atoms with Gasteiger partial charge in [0.2, 0.25) is 0 Å². The van der Waals surface area contributed by atoms with Crippen LogP contribution in [-0.2, 0) is 10.3 Å². The summed E-state index contributed by atoms with van der Waals surface area (Å²) >= 11 is 2.21. The van der Waals surface area contributed by atoms with Gasteiger partial charge in [0.05, 0.1) is 21.4 Å². The number of nitrogens with one attached hydrogen (secondary N) is 1. The number of rotatable bonds is 4. The van der Waals surface area contributed by atoms with Crippen LogP contribution in [0.2, 0.25) is 0 Å². The summed E-state index contributed by atoms with van der Waals surface area (Å²) in [6.07, 6.45) is 8.62. The Morgan fingerprint density at radius 3 is 2.75 bits per heavy atom. The molecule has 1 amide bonds. The summed E-state index contributed by atoms with van der Waals surface area (Å²) in [5.41, 5.74) is 2.01. The molecule has 0 spiro atoms. The van der Waals surface area contributed by atoms with Crippen molar-refractivity contribution in [3.05, 3.63) is 45.3 Å². The Morgan fingerprint density at radius 1 is 1.42 bits per heavy atom. The fourth-order valence-corrected chi connectivity index (χ4v) is 3.71. The zero-order valence-electron chi connectivity index (χ0n) is 13.1. The van der Waals surface area contributed by atoms with Crippen LogP contribution in [0.25, 0.3) is 0 Å². The monoisotopic (exact) mass is 432 g/mol. The van der Waals surface area contributed by atoms with Crippen molar-refractivity contribution in [1.82, 2.24) is 9.78 Å². The first kappa shape index (κ1) is 15.6. The second kappa shape index (κ2) is 5.88. The Balaban J connectivity index is 1.63. The minimum Gasteiger partial charge on any atom is -0.324 e. The first-order chi connectivity index (χ1) is 11.6. The number of nitriles is 1. The Labute approximate surface area is 154 Å². The van der Waals surface area contributed by atoms with Crippen LogP contribution in [-0.4, -0.2) is 15.7 Å². The number of hydrogen-bond donors (Lipinski definition) is 1. The van der Waals surface area contributed by atoms with Gasteiger partial charge >= 0.3 is 0 Å². The number of carbonyl (C=O) groups excluding carboxylic acids is 1. The van der Waals surface area contributed by atoms with Gasteiger partial charge < -0.3 is 5.32 Å². The van der Waals surface area contributed by atoms with E-state index in [0.29, 0.717) is 11.5 Å². The fraction of sp³-hybridized carbons (Fsp3) is 0.389. The van der Waals surface area contributed by atoms with Crippen molar-refractivity contribution in [3.8, 4) is 6.07 Å². The molecule has 1 aromatic carbocycles. The van der Waals surface area contributed by atoms with Crippen molar-refractivity contribution < 1.29 is 4.79 Å². The van der Waals surface area contributed by atoms with E-state index in [1.165, 1.54) is 0 Å². The molecule has 0 radical (unpaired) electrons. The van der Waals surface area contributed by atoms with E-state index < -0.39 is 5.54 Å². The van der Waals surface area contributed by atoms with E-state index in [1.807, 2.05) is 23.0 Å². The predicted molar refractivity (Wildman–Crippen MR) is 98.5 cm³/mol. The minimum absolute atomic E-state index is 0.000132. The van der Waals surface area contributed by atoms with Crippen LogP contribution < -0.4 is 5.32 Å². The average Bonchev–Trinajstić information content (AvgIpc) is 3.29. The summed E-state index contributed by atoms with van der Waals surface area (Å²) in [5, 5.41) is 16.6. The summed E-state index contributed by atoms with van der Waals surface area (Å²) in [6.45, 7) is 0. The van der Waals surface area contributed by atoms with Crippen molar-refractivity contribution in [2.24, 2.45) is 0 Å². The Morgan fingerprint density at radius 2 is 2.21 bits per heavy atom. The lowest BCUT2D eigenvalue weighted by atomic mass is 9.76. The Kier molecular flexibility index (Phi) is 3.83. The molecule has 1 heterocycles. The lowest BCUT2D eigenvalue weighted by molar-refractivity contribution is -0.129. The molecule has 5 nitrogen and oxygen atoms in total. The first-order valence-electron chi connectivity index (χ1n) is 8.18. The van der Waals surface area contributed by atoms with E-state index in [9.17, 15) is 4.79 Å². The standard InChI is InChI=1S/C18H17IN4O/c19-14-10-21-23(11-14)18(6-1-7-18)17(24)22-16-5-2-12(9-20)8-15(16)13-3-4-13/h2,5,8,10-11,13H,1,3-4,6-7H2,(H,22,24). The highest BCUT2D eigenvalue weighted by molar-refractivity contribution is 14.1. The van der Waals surface area contributed by atoms with Gasteiger partial charge in [-0.15, -0.1) is 0 Å². The lowest BCUT2D eigenvalue weighted by Gasteiger charge is -2.40. The summed E-state index contributed by atoms with van der Waals surface area (Å²) < 4.78 is 2.84.